The van der Waals surface area contributed by atoms with Crippen molar-refractivity contribution in [3.63, 3.8) is 0 Å². The van der Waals surface area contributed by atoms with Crippen molar-refractivity contribution in [3.8, 4) is 11.5 Å². The van der Waals surface area contributed by atoms with Crippen molar-refractivity contribution in [2.75, 3.05) is 6.61 Å². The maximum absolute atomic E-state index is 11.5. The summed E-state index contributed by atoms with van der Waals surface area (Å²) < 4.78 is 20.1. The maximum Gasteiger partial charge on any atom is 0.323 e. The Morgan fingerprint density at radius 2 is 2.31 bits per heavy atom. The number of nitrogens with two attached hydrogens (primary N) is 1. The third kappa shape index (κ3) is 3.13. The van der Waals surface area contributed by atoms with Crippen molar-refractivity contribution in [2.24, 2.45) is 5.73 Å². The minimum Gasteiger partial charge on any atom is -0.504 e. The summed E-state index contributed by atoms with van der Waals surface area (Å²) in [5.41, 5.74) is 5.61. The van der Waals surface area contributed by atoms with Crippen molar-refractivity contribution in [1.29, 1.82) is 0 Å². The molecule has 88 valence electrons. The molecule has 0 bridgehead atoms. The predicted octanol–water partition coefficient (Wildman–Crippen LogP) is 0.531. The van der Waals surface area contributed by atoms with Crippen molar-refractivity contribution in [2.45, 2.75) is 19.3 Å². The number of ether oxygens (including phenoxy) is 1. The van der Waals surface area contributed by atoms with E-state index in [4.69, 9.17) is 13.6 Å². The Morgan fingerprint density at radius 3 is 2.88 bits per heavy atom. The molecule has 5 heteroatoms. The van der Waals surface area contributed by atoms with E-state index in [-0.39, 0.29) is 17.9 Å². The first-order chi connectivity index (χ1) is 8.30. The summed E-state index contributed by atoms with van der Waals surface area (Å²) in [7, 11) is 0. The molecule has 0 amide bonds. The van der Waals surface area contributed by atoms with E-state index >= 15 is 0 Å². The van der Waals surface area contributed by atoms with Gasteiger partial charge in [0.1, 0.15) is 6.02 Å². The zero-order chi connectivity index (χ0) is 13.9. The van der Waals surface area contributed by atoms with Gasteiger partial charge in [0.2, 0.25) is 0 Å². The van der Waals surface area contributed by atoms with Crippen molar-refractivity contribution >= 4 is 5.97 Å². The molecule has 0 aliphatic rings. The van der Waals surface area contributed by atoms with Crippen LogP contribution in [0.1, 0.15) is 15.2 Å². The molecule has 0 aromatic heterocycles. The van der Waals surface area contributed by atoms with E-state index in [2.05, 4.69) is 4.74 Å². The van der Waals surface area contributed by atoms with Gasteiger partial charge >= 0.3 is 5.97 Å². The zero-order valence-corrected chi connectivity index (χ0v) is 8.80. The third-order valence-corrected chi connectivity index (χ3v) is 1.83. The Bertz CT molecular complexity index is 451. The molecule has 0 saturated heterocycles. The molecule has 0 heterocycles. The van der Waals surface area contributed by atoms with Gasteiger partial charge in [-0.05, 0) is 31.0 Å². The van der Waals surface area contributed by atoms with Crippen LogP contribution < -0.4 is 5.73 Å². The van der Waals surface area contributed by atoms with Crippen LogP contribution in [0.4, 0.5) is 0 Å². The quantitative estimate of drug-likeness (QED) is 0.515. The SMILES string of the molecule is [2H][C@H](c1ccc(O)c(O)c1)[C@@]([2H])(N)C(=O)OCC. The average molecular weight is 227 g/mol. The number of hydrogen-bond donors (Lipinski definition) is 3. The standard InChI is InChI=1S/C11H15NO4/c1-2-16-11(15)8(12)5-7-3-4-9(13)10(14)6-7/h3-4,6,8,13-14H,2,5,12H2,1H3/t8-/m1/s1/i5D,8D/t5-,8-. The summed E-state index contributed by atoms with van der Waals surface area (Å²) >= 11 is 0. The first-order valence-corrected chi connectivity index (χ1v) is 4.71. The lowest BCUT2D eigenvalue weighted by molar-refractivity contribution is -0.144. The molecular weight excluding hydrogens is 210 g/mol. The molecule has 4 N–H and O–H groups in total. The number of phenols is 2. The summed E-state index contributed by atoms with van der Waals surface area (Å²) in [6.07, 6.45) is -1.44. The van der Waals surface area contributed by atoms with Crippen LogP contribution in [-0.4, -0.2) is 28.8 Å². The highest BCUT2D eigenvalue weighted by molar-refractivity contribution is 5.75. The smallest absolute Gasteiger partial charge is 0.323 e. The first kappa shape index (κ1) is 9.47. The summed E-state index contributed by atoms with van der Waals surface area (Å²) in [6, 6.07) is 1.28. The number of hydrogen-bond acceptors (Lipinski definition) is 5. The molecular formula is C11H15NO4. The van der Waals surface area contributed by atoms with Crippen LogP contribution in [-0.2, 0) is 15.9 Å². The molecule has 5 nitrogen and oxygen atoms in total. The second kappa shape index (κ2) is 5.37. The number of rotatable bonds is 4. The van der Waals surface area contributed by atoms with Gasteiger partial charge < -0.3 is 20.7 Å². The fourth-order valence-corrected chi connectivity index (χ4v) is 1.08. The highest BCUT2D eigenvalue weighted by Gasteiger charge is 2.15. The van der Waals surface area contributed by atoms with Gasteiger partial charge in [-0.3, -0.25) is 4.79 Å². The molecule has 0 aliphatic carbocycles. The molecule has 0 radical (unpaired) electrons. The number of carbonyl (C=O) groups is 1. The van der Waals surface area contributed by atoms with Gasteiger partial charge in [0, 0.05) is 1.37 Å². The summed E-state index contributed by atoms with van der Waals surface area (Å²) in [5, 5.41) is 18.4. The van der Waals surface area contributed by atoms with Crippen LogP contribution in [0, 0.1) is 0 Å². The van der Waals surface area contributed by atoms with Crippen LogP contribution in [0.2, 0.25) is 0 Å². The number of aromatic hydroxyl groups is 2. The topological polar surface area (TPSA) is 92.8 Å². The Kier molecular flexibility index (Phi) is 3.18. The number of benzene rings is 1. The van der Waals surface area contributed by atoms with Crippen LogP contribution >= 0.6 is 0 Å². The van der Waals surface area contributed by atoms with E-state index in [1.54, 1.807) is 6.92 Å². The van der Waals surface area contributed by atoms with Crippen LogP contribution in [0.5, 0.6) is 11.5 Å². The van der Waals surface area contributed by atoms with Crippen molar-refractivity contribution < 1.29 is 22.5 Å². The molecule has 0 unspecified atom stereocenters. The van der Waals surface area contributed by atoms with Gasteiger partial charge in [-0.2, -0.15) is 0 Å². The molecule has 1 rings (SSSR count). The Labute approximate surface area is 96.3 Å². The molecule has 0 aliphatic heterocycles. The minimum absolute atomic E-state index is 0.0597. The number of esters is 1. The normalized spacial score (nSPS) is 17.9. The fourth-order valence-electron chi connectivity index (χ4n) is 1.08. The zero-order valence-electron chi connectivity index (χ0n) is 10.8. The lowest BCUT2D eigenvalue weighted by atomic mass is 10.1. The molecule has 0 spiro atoms. The predicted molar refractivity (Wildman–Crippen MR) is 58.1 cm³/mol. The minimum atomic E-state index is -2.28. The highest BCUT2D eigenvalue weighted by atomic mass is 16.5. The second-order valence-electron chi connectivity index (χ2n) is 3.07. The summed E-state index contributed by atoms with van der Waals surface area (Å²) in [4.78, 5) is 11.5. The lowest BCUT2D eigenvalue weighted by Crippen LogP contribution is -2.34. The van der Waals surface area contributed by atoms with Gasteiger partial charge in [-0.25, -0.2) is 0 Å². The molecule has 0 saturated carbocycles. The number of carbonyl (C=O) groups excluding carboxylic acids is 1. The largest absolute Gasteiger partial charge is 0.504 e. The van der Waals surface area contributed by atoms with Gasteiger partial charge in [0.15, 0.2) is 11.5 Å². The van der Waals surface area contributed by atoms with Gasteiger partial charge in [0.05, 0.1) is 7.98 Å². The van der Waals surface area contributed by atoms with E-state index in [0.717, 1.165) is 12.1 Å². The Morgan fingerprint density at radius 1 is 1.62 bits per heavy atom. The first-order valence-electron chi connectivity index (χ1n) is 5.78. The maximum atomic E-state index is 11.5. The summed E-state index contributed by atoms with van der Waals surface area (Å²) in [5.74, 6) is -1.81. The molecule has 1 aromatic carbocycles. The Balaban J connectivity index is 3.01. The number of phenolic OH excluding ortho intramolecular Hbond substituents is 2. The van der Waals surface area contributed by atoms with Gasteiger partial charge in [-0.1, -0.05) is 6.07 Å². The van der Waals surface area contributed by atoms with Crippen LogP contribution in [0.3, 0.4) is 0 Å². The Hall–Kier alpha value is -1.75. The van der Waals surface area contributed by atoms with E-state index < -0.39 is 24.1 Å². The van der Waals surface area contributed by atoms with Crippen molar-refractivity contribution in [1.82, 2.24) is 0 Å². The molecule has 16 heavy (non-hydrogen) atoms. The highest BCUT2D eigenvalue weighted by Crippen LogP contribution is 2.25. The molecule has 0 fully saturated rings. The third-order valence-electron chi connectivity index (χ3n) is 1.83. The van der Waals surface area contributed by atoms with E-state index in [1.807, 2.05) is 0 Å². The van der Waals surface area contributed by atoms with Gasteiger partial charge in [-0.15, -0.1) is 0 Å². The average Bonchev–Trinajstić information content (AvgIpc) is 2.32. The van der Waals surface area contributed by atoms with E-state index in [0.29, 0.717) is 0 Å². The molecule has 1 aromatic rings. The second-order valence-corrected chi connectivity index (χ2v) is 3.07. The monoisotopic (exact) mass is 227 g/mol. The van der Waals surface area contributed by atoms with E-state index in [1.165, 1.54) is 6.07 Å². The summed E-state index contributed by atoms with van der Waals surface area (Å²) in [6.45, 7) is 1.63. The van der Waals surface area contributed by atoms with Crippen molar-refractivity contribution in [3.05, 3.63) is 23.8 Å². The van der Waals surface area contributed by atoms with Gasteiger partial charge in [0.25, 0.3) is 0 Å². The van der Waals surface area contributed by atoms with Crippen LogP contribution in [0.15, 0.2) is 18.2 Å². The molecule has 2 atom stereocenters. The fraction of sp³-hybridized carbons (Fsp3) is 0.364. The van der Waals surface area contributed by atoms with E-state index in [9.17, 15) is 9.90 Å². The lowest BCUT2D eigenvalue weighted by Gasteiger charge is -2.10. The van der Waals surface area contributed by atoms with Crippen LogP contribution in [0.25, 0.3) is 0 Å².